The minimum atomic E-state index is -3.75. The maximum Gasteiger partial charge on any atom is 0.261 e. The van der Waals surface area contributed by atoms with E-state index in [1.807, 2.05) is 24.3 Å². The van der Waals surface area contributed by atoms with Crippen molar-refractivity contribution in [3.63, 3.8) is 0 Å². The normalized spacial score (nSPS) is 11.5. The molecule has 0 atom stereocenters. The number of anilines is 1. The highest BCUT2D eigenvalue weighted by Crippen LogP contribution is 2.24. The van der Waals surface area contributed by atoms with Gasteiger partial charge in [-0.25, -0.2) is 8.42 Å². The summed E-state index contributed by atoms with van der Waals surface area (Å²) in [6.07, 6.45) is 1.41. The molecule has 0 bridgehead atoms. The average molecular weight is 351 g/mol. The van der Waals surface area contributed by atoms with Gasteiger partial charge in [-0.2, -0.15) is 4.68 Å². The van der Waals surface area contributed by atoms with Crippen molar-refractivity contribution < 1.29 is 8.42 Å². The smallest absolute Gasteiger partial charge is 0.261 e. The maximum atomic E-state index is 12.8. The van der Waals surface area contributed by atoms with Crippen LogP contribution >= 0.6 is 0 Å². The monoisotopic (exact) mass is 351 g/mol. The first-order valence-electron chi connectivity index (χ1n) is 7.47. The Kier molecular flexibility index (Phi) is 3.66. The van der Waals surface area contributed by atoms with Crippen molar-refractivity contribution in [2.45, 2.75) is 4.90 Å². The first-order valence-corrected chi connectivity index (χ1v) is 8.96. The van der Waals surface area contributed by atoms with Gasteiger partial charge in [-0.1, -0.05) is 42.5 Å². The third-order valence-corrected chi connectivity index (χ3v) is 5.14. The predicted molar refractivity (Wildman–Crippen MR) is 93.9 cm³/mol. The molecule has 1 aromatic heterocycles. The second-order valence-electron chi connectivity index (χ2n) is 5.39. The Morgan fingerprint density at radius 1 is 0.880 bits per heavy atom. The van der Waals surface area contributed by atoms with Crippen LogP contribution in [0.1, 0.15) is 0 Å². The van der Waals surface area contributed by atoms with Gasteiger partial charge in [-0.05, 0) is 45.5 Å². The van der Waals surface area contributed by atoms with Gasteiger partial charge in [0, 0.05) is 0 Å². The van der Waals surface area contributed by atoms with E-state index in [2.05, 4.69) is 20.2 Å². The molecule has 0 fully saturated rings. The molecule has 0 unspecified atom stereocenters. The average Bonchev–Trinajstić information content (AvgIpc) is 3.16. The van der Waals surface area contributed by atoms with E-state index >= 15 is 0 Å². The van der Waals surface area contributed by atoms with Gasteiger partial charge in [-0.3, -0.25) is 4.72 Å². The molecule has 124 valence electrons. The Labute approximate surface area is 144 Å². The molecule has 0 saturated carbocycles. The van der Waals surface area contributed by atoms with Crippen molar-refractivity contribution in [3.05, 3.63) is 73.1 Å². The number of hydrogen-bond acceptors (Lipinski definition) is 5. The minimum Gasteiger partial charge on any atom is -0.277 e. The quantitative estimate of drug-likeness (QED) is 0.610. The van der Waals surface area contributed by atoms with Crippen LogP contribution in [0.3, 0.4) is 0 Å². The van der Waals surface area contributed by atoms with E-state index in [0.717, 1.165) is 10.8 Å². The summed E-state index contributed by atoms with van der Waals surface area (Å²) in [5.74, 6) is 0. The van der Waals surface area contributed by atoms with Gasteiger partial charge < -0.3 is 0 Å². The van der Waals surface area contributed by atoms with Gasteiger partial charge in [0.25, 0.3) is 10.0 Å². The summed E-state index contributed by atoms with van der Waals surface area (Å²) in [5, 5.41) is 12.8. The zero-order valence-electron chi connectivity index (χ0n) is 12.9. The van der Waals surface area contributed by atoms with E-state index in [4.69, 9.17) is 0 Å². The van der Waals surface area contributed by atoms with Crippen LogP contribution in [-0.2, 0) is 10.0 Å². The highest BCUT2D eigenvalue weighted by Gasteiger charge is 2.17. The third-order valence-electron chi connectivity index (χ3n) is 3.78. The number of hydrogen-bond donors (Lipinski definition) is 1. The lowest BCUT2D eigenvalue weighted by Gasteiger charge is -2.12. The molecule has 3 aromatic carbocycles. The van der Waals surface area contributed by atoms with Crippen LogP contribution in [0.5, 0.6) is 0 Å². The van der Waals surface area contributed by atoms with Crippen LogP contribution in [0, 0.1) is 0 Å². The van der Waals surface area contributed by atoms with Crippen LogP contribution in [0.4, 0.5) is 5.69 Å². The van der Waals surface area contributed by atoms with E-state index in [1.54, 1.807) is 42.5 Å². The summed E-state index contributed by atoms with van der Waals surface area (Å²) in [6.45, 7) is 0. The Morgan fingerprint density at radius 3 is 2.44 bits per heavy atom. The SMILES string of the molecule is O=S(=O)(Nc1ccccc1-n1cnnn1)c1ccc2ccccc2c1. The van der Waals surface area contributed by atoms with Gasteiger partial charge in [0.1, 0.15) is 6.33 Å². The molecule has 0 radical (unpaired) electrons. The van der Waals surface area contributed by atoms with Gasteiger partial charge in [0.2, 0.25) is 0 Å². The first-order chi connectivity index (χ1) is 12.1. The number of para-hydroxylation sites is 2. The van der Waals surface area contributed by atoms with Gasteiger partial charge in [0.15, 0.2) is 0 Å². The first kappa shape index (κ1) is 15.3. The number of rotatable bonds is 4. The molecule has 8 heteroatoms. The third kappa shape index (κ3) is 2.94. The van der Waals surface area contributed by atoms with E-state index in [0.29, 0.717) is 11.4 Å². The largest absolute Gasteiger partial charge is 0.277 e. The Balaban J connectivity index is 1.74. The molecule has 25 heavy (non-hydrogen) atoms. The van der Waals surface area contributed by atoms with Crippen molar-refractivity contribution in [2.24, 2.45) is 0 Å². The number of nitrogens with one attached hydrogen (secondary N) is 1. The molecule has 1 N–H and O–H groups in total. The Morgan fingerprint density at radius 2 is 1.64 bits per heavy atom. The summed E-state index contributed by atoms with van der Waals surface area (Å²) in [5.41, 5.74) is 0.930. The molecule has 1 heterocycles. The number of benzene rings is 3. The molecule has 0 amide bonds. The number of nitrogens with zero attached hydrogens (tertiary/aromatic N) is 4. The number of sulfonamides is 1. The highest BCUT2D eigenvalue weighted by atomic mass is 32.2. The van der Waals surface area contributed by atoms with Crippen LogP contribution in [0.15, 0.2) is 78.0 Å². The molecule has 0 spiro atoms. The molecule has 0 aliphatic rings. The lowest BCUT2D eigenvalue weighted by molar-refractivity contribution is 0.601. The fourth-order valence-corrected chi connectivity index (χ4v) is 3.68. The van der Waals surface area contributed by atoms with Crippen molar-refractivity contribution in [3.8, 4) is 5.69 Å². The molecule has 0 aliphatic heterocycles. The van der Waals surface area contributed by atoms with Gasteiger partial charge >= 0.3 is 0 Å². The summed E-state index contributed by atoms with van der Waals surface area (Å²) in [7, 11) is -3.75. The molecular formula is C17H13N5O2S. The van der Waals surface area contributed by atoms with Crippen molar-refractivity contribution in [1.29, 1.82) is 0 Å². The molecule has 4 rings (SSSR count). The van der Waals surface area contributed by atoms with Crippen LogP contribution < -0.4 is 4.72 Å². The van der Waals surface area contributed by atoms with Gasteiger partial charge in [-0.15, -0.1) is 5.10 Å². The second-order valence-corrected chi connectivity index (χ2v) is 7.07. The second kappa shape index (κ2) is 5.99. The zero-order chi connectivity index (χ0) is 17.3. The van der Waals surface area contributed by atoms with E-state index in [-0.39, 0.29) is 4.90 Å². The van der Waals surface area contributed by atoms with Crippen LogP contribution in [0.25, 0.3) is 16.5 Å². The standard InChI is InChI=1S/C17H13N5O2S/c23-25(24,15-10-9-13-5-1-2-6-14(13)11-15)19-16-7-3-4-8-17(16)22-12-18-20-21-22/h1-12,19H. The van der Waals surface area contributed by atoms with Gasteiger partial charge in [0.05, 0.1) is 16.3 Å². The highest BCUT2D eigenvalue weighted by molar-refractivity contribution is 7.92. The van der Waals surface area contributed by atoms with Crippen molar-refractivity contribution in [1.82, 2.24) is 20.2 Å². The Hall–Kier alpha value is -3.26. The van der Waals surface area contributed by atoms with Crippen LogP contribution in [-0.4, -0.2) is 28.6 Å². The summed E-state index contributed by atoms with van der Waals surface area (Å²) >= 11 is 0. The molecule has 0 aliphatic carbocycles. The topological polar surface area (TPSA) is 89.8 Å². The lowest BCUT2D eigenvalue weighted by Crippen LogP contribution is -2.14. The fourth-order valence-electron chi connectivity index (χ4n) is 2.57. The fraction of sp³-hybridized carbons (Fsp3) is 0. The van der Waals surface area contributed by atoms with E-state index in [9.17, 15) is 8.42 Å². The van der Waals surface area contributed by atoms with E-state index < -0.39 is 10.0 Å². The molecule has 7 nitrogen and oxygen atoms in total. The summed E-state index contributed by atoms with van der Waals surface area (Å²) < 4.78 is 29.6. The van der Waals surface area contributed by atoms with Crippen LogP contribution in [0.2, 0.25) is 0 Å². The molecule has 4 aromatic rings. The van der Waals surface area contributed by atoms with Crippen molar-refractivity contribution in [2.75, 3.05) is 4.72 Å². The Bertz CT molecular complexity index is 1140. The molecular weight excluding hydrogens is 338 g/mol. The predicted octanol–water partition coefficient (Wildman–Crippen LogP) is 2.62. The van der Waals surface area contributed by atoms with Crippen molar-refractivity contribution >= 4 is 26.5 Å². The molecule has 0 saturated heterocycles. The summed E-state index contributed by atoms with van der Waals surface area (Å²) in [6, 6.07) is 19.5. The minimum absolute atomic E-state index is 0.192. The summed E-state index contributed by atoms with van der Waals surface area (Å²) in [4.78, 5) is 0.192. The lowest BCUT2D eigenvalue weighted by atomic mass is 10.1. The number of tetrazole rings is 1. The number of aromatic nitrogens is 4. The maximum absolute atomic E-state index is 12.8. The number of fused-ring (bicyclic) bond motifs is 1. The zero-order valence-corrected chi connectivity index (χ0v) is 13.8. The van der Waals surface area contributed by atoms with E-state index in [1.165, 1.54) is 11.0 Å².